The van der Waals surface area contributed by atoms with Crippen molar-refractivity contribution < 1.29 is 19.1 Å². The Morgan fingerprint density at radius 3 is 2.81 bits per heavy atom. The quantitative estimate of drug-likeness (QED) is 0.640. The molecule has 2 fully saturated rings. The van der Waals surface area contributed by atoms with Crippen molar-refractivity contribution in [1.29, 1.82) is 5.26 Å². The summed E-state index contributed by atoms with van der Waals surface area (Å²) in [5.41, 5.74) is -1.25. The van der Waals surface area contributed by atoms with Crippen molar-refractivity contribution >= 4 is 23.5 Å². The normalized spacial score (nSPS) is 23.3. The van der Waals surface area contributed by atoms with Gasteiger partial charge in [-0.05, 0) is 37.5 Å². The van der Waals surface area contributed by atoms with Gasteiger partial charge in [0.25, 0.3) is 17.4 Å². The third-order valence-electron chi connectivity index (χ3n) is 7.14. The van der Waals surface area contributed by atoms with E-state index in [1.165, 1.54) is 29.1 Å². The lowest BCUT2D eigenvalue weighted by Crippen LogP contribution is -2.55. The number of ether oxygens (including phenoxy) is 1. The van der Waals surface area contributed by atoms with Gasteiger partial charge in [-0.25, -0.2) is 4.98 Å². The molecule has 3 aliphatic rings. The Labute approximate surface area is 207 Å². The highest BCUT2D eigenvalue weighted by atomic mass is 16.5. The molecule has 0 bridgehead atoms. The zero-order valence-electron chi connectivity index (χ0n) is 20.0. The zero-order chi connectivity index (χ0) is 25.6. The number of likely N-dealkylation sites (tertiary alicyclic amines) is 1. The molecule has 0 aromatic carbocycles. The van der Waals surface area contributed by atoms with E-state index in [1.807, 2.05) is 0 Å². The van der Waals surface area contributed by atoms with E-state index in [1.54, 1.807) is 25.1 Å². The van der Waals surface area contributed by atoms with Crippen LogP contribution in [0.4, 0.5) is 5.82 Å². The average Bonchev–Trinajstić information content (AvgIpc) is 3.62. The number of hydrogen-bond acceptors (Lipinski definition) is 7. The minimum Gasteiger partial charge on any atom is -0.472 e. The van der Waals surface area contributed by atoms with E-state index in [0.717, 1.165) is 12.8 Å². The van der Waals surface area contributed by atoms with Crippen LogP contribution in [0.5, 0.6) is 5.75 Å². The smallest absolute Gasteiger partial charge is 0.271 e. The Kier molecular flexibility index (Phi) is 5.74. The molecule has 4 heterocycles. The zero-order valence-corrected chi connectivity index (χ0v) is 20.0. The minimum atomic E-state index is -1.43. The Morgan fingerprint density at radius 2 is 2.11 bits per heavy atom. The third kappa shape index (κ3) is 4.08. The van der Waals surface area contributed by atoms with E-state index in [-0.39, 0.29) is 36.0 Å². The molecule has 3 atom stereocenters. The number of aromatic amines is 1. The lowest BCUT2D eigenvalue weighted by atomic mass is 9.97. The number of nitrogens with zero attached hydrogens (tertiary/aromatic N) is 4. The van der Waals surface area contributed by atoms with Crippen molar-refractivity contribution in [1.82, 2.24) is 19.8 Å². The number of carbonyl (C=O) groups is 3. The number of hydrogen-bond donors (Lipinski definition) is 2. The summed E-state index contributed by atoms with van der Waals surface area (Å²) in [7, 11) is 1.52. The monoisotopic (exact) mass is 490 g/mol. The number of fused-ring (bicyclic) bond motifs is 1. The molecule has 1 spiro atoms. The van der Waals surface area contributed by atoms with Crippen molar-refractivity contribution in [2.24, 2.45) is 5.92 Å². The van der Waals surface area contributed by atoms with Gasteiger partial charge in [0.15, 0.2) is 11.6 Å². The summed E-state index contributed by atoms with van der Waals surface area (Å²) >= 11 is 0. The molecule has 36 heavy (non-hydrogen) atoms. The van der Waals surface area contributed by atoms with Crippen LogP contribution in [0.1, 0.15) is 41.7 Å². The molecule has 1 saturated heterocycles. The van der Waals surface area contributed by atoms with E-state index in [0.29, 0.717) is 17.7 Å². The van der Waals surface area contributed by atoms with Gasteiger partial charge in [-0.15, -0.1) is 0 Å². The molecule has 186 valence electrons. The minimum absolute atomic E-state index is 0.00546. The van der Waals surface area contributed by atoms with Gasteiger partial charge in [0.05, 0.1) is 12.6 Å². The number of anilines is 1. The van der Waals surface area contributed by atoms with Crippen LogP contribution in [-0.2, 0) is 9.59 Å². The maximum atomic E-state index is 13.9. The summed E-state index contributed by atoms with van der Waals surface area (Å²) in [6.07, 6.45) is 3.86. The first-order valence-electron chi connectivity index (χ1n) is 11.8. The second-order valence-electron chi connectivity index (χ2n) is 9.71. The predicted octanol–water partition coefficient (Wildman–Crippen LogP) is 1.21. The van der Waals surface area contributed by atoms with Crippen LogP contribution in [0.3, 0.4) is 0 Å². The van der Waals surface area contributed by atoms with Crippen molar-refractivity contribution in [3.05, 3.63) is 52.1 Å². The van der Waals surface area contributed by atoms with Crippen LogP contribution < -0.4 is 15.6 Å². The summed E-state index contributed by atoms with van der Waals surface area (Å²) in [6, 6.07) is 6.77. The van der Waals surface area contributed by atoms with Gasteiger partial charge in [-0.3, -0.25) is 19.2 Å². The molecule has 0 unspecified atom stereocenters. The third-order valence-corrected chi connectivity index (χ3v) is 7.14. The van der Waals surface area contributed by atoms with E-state index in [2.05, 4.69) is 21.4 Å². The molecule has 11 heteroatoms. The fourth-order valence-electron chi connectivity index (χ4n) is 4.79. The Balaban J connectivity index is 1.42. The van der Waals surface area contributed by atoms with Crippen LogP contribution in [0.15, 0.2) is 35.3 Å². The maximum absolute atomic E-state index is 13.9. The van der Waals surface area contributed by atoms with Gasteiger partial charge in [-0.1, -0.05) is 18.9 Å². The maximum Gasteiger partial charge on any atom is 0.271 e. The summed E-state index contributed by atoms with van der Waals surface area (Å²) in [4.78, 5) is 61.5. The number of nitrogens with one attached hydrogen (secondary N) is 2. The fourth-order valence-corrected chi connectivity index (χ4v) is 4.79. The van der Waals surface area contributed by atoms with Crippen molar-refractivity contribution in [2.75, 3.05) is 18.9 Å². The van der Waals surface area contributed by atoms with Gasteiger partial charge < -0.3 is 24.8 Å². The first kappa shape index (κ1) is 23.5. The largest absolute Gasteiger partial charge is 0.472 e. The van der Waals surface area contributed by atoms with E-state index in [4.69, 9.17) is 4.74 Å². The topological polar surface area (TPSA) is 148 Å². The molecule has 2 aliphatic heterocycles. The van der Waals surface area contributed by atoms with E-state index in [9.17, 15) is 24.4 Å². The molecule has 3 amide bonds. The van der Waals surface area contributed by atoms with Crippen molar-refractivity contribution in [3.63, 3.8) is 0 Å². The molecule has 11 nitrogen and oxygen atoms in total. The molecule has 2 N–H and O–H groups in total. The van der Waals surface area contributed by atoms with Crippen LogP contribution in [0.2, 0.25) is 0 Å². The number of likely N-dealkylation sites (N-methyl/N-ethyl adjacent to an activating group) is 1. The summed E-state index contributed by atoms with van der Waals surface area (Å²) in [5.74, 6) is -0.451. The average molecular weight is 491 g/mol. The van der Waals surface area contributed by atoms with Crippen LogP contribution in [0.25, 0.3) is 0 Å². The highest BCUT2D eigenvalue weighted by Gasteiger charge is 2.56. The van der Waals surface area contributed by atoms with Crippen LogP contribution in [-0.4, -0.2) is 68.8 Å². The molecular formula is C25H26N6O5. The number of nitriles is 1. The number of pyridine rings is 2. The lowest BCUT2D eigenvalue weighted by Gasteiger charge is -2.35. The standard InChI is InChI=1S/C25H26N6O5/c1-14-5-8-17(28-21(14)32)22(33)30(2)18(10-15-6-7-15)23(34)31-13-25(11-16(31)12-26)24(35)29-20-19(36-25)4-3-9-27-20/h3-5,8-9,15-16,18H,6-7,10-11,13H2,1-2H3,(H,28,32)(H,27,29,35)/t16-,18-,25+/m0/s1. The SMILES string of the molecule is Cc1ccc(C(=O)N(C)[C@@H](CC2CC2)C(=O)N2C[C@@]3(C[C@H]2C#N)Oc2cccnc2NC3=O)[nH]c1=O. The predicted molar refractivity (Wildman–Crippen MR) is 127 cm³/mol. The second kappa shape index (κ2) is 8.78. The second-order valence-corrected chi connectivity index (χ2v) is 9.71. The van der Waals surface area contributed by atoms with Crippen LogP contribution in [0, 0.1) is 24.2 Å². The van der Waals surface area contributed by atoms with Gasteiger partial charge in [0.1, 0.15) is 17.8 Å². The molecule has 1 aliphatic carbocycles. The molecule has 2 aromatic rings. The number of aromatic nitrogens is 2. The lowest BCUT2D eigenvalue weighted by molar-refractivity contribution is -0.138. The van der Waals surface area contributed by atoms with E-state index >= 15 is 0 Å². The summed E-state index contributed by atoms with van der Waals surface area (Å²) in [6.45, 7) is 1.51. The Bertz CT molecular complexity index is 1340. The Hall–Kier alpha value is -4.20. The first-order chi connectivity index (χ1) is 17.2. The van der Waals surface area contributed by atoms with Crippen molar-refractivity contribution in [2.45, 2.75) is 50.3 Å². The number of amides is 3. The molecule has 5 rings (SSSR count). The van der Waals surface area contributed by atoms with Gasteiger partial charge in [0, 0.05) is 25.2 Å². The van der Waals surface area contributed by atoms with Gasteiger partial charge >= 0.3 is 0 Å². The molecular weight excluding hydrogens is 464 g/mol. The molecule has 2 aromatic heterocycles. The van der Waals surface area contributed by atoms with Crippen LogP contribution >= 0.6 is 0 Å². The highest BCUT2D eigenvalue weighted by Crippen LogP contribution is 2.40. The number of carbonyl (C=O) groups excluding carboxylic acids is 3. The summed E-state index contributed by atoms with van der Waals surface area (Å²) in [5, 5.41) is 12.6. The summed E-state index contributed by atoms with van der Waals surface area (Å²) < 4.78 is 6.04. The fraction of sp³-hybridized carbons (Fsp3) is 0.440. The highest BCUT2D eigenvalue weighted by molar-refractivity contribution is 6.01. The number of aryl methyl sites for hydroxylation is 1. The Morgan fingerprint density at radius 1 is 1.33 bits per heavy atom. The van der Waals surface area contributed by atoms with Crippen molar-refractivity contribution in [3.8, 4) is 11.8 Å². The van der Waals surface area contributed by atoms with Gasteiger partial charge in [-0.2, -0.15) is 5.26 Å². The van der Waals surface area contributed by atoms with Gasteiger partial charge in [0.2, 0.25) is 11.5 Å². The number of H-pyrrole nitrogens is 1. The molecule has 0 radical (unpaired) electrons. The number of rotatable bonds is 5. The first-order valence-corrected chi connectivity index (χ1v) is 11.8. The molecule has 1 saturated carbocycles. The van der Waals surface area contributed by atoms with E-state index < -0.39 is 35.4 Å².